The molecule has 0 unspecified atom stereocenters. The average molecular weight is 480 g/mol. The standard InChI is InChI=1S/C27H34FN5O2/c1-15(2)26(34)31-20-8-6-7-18(9-20)27(35)32-24-12-21(17(5)13-29-24)19-10-22(28)25-23(11-19)33(14-30-25)16(3)4/h10-16,18,20H,6-9H2,1-5H3,(H,31,34)(H,29,32,35)/t18-,20+/m0/s1. The van der Waals surface area contributed by atoms with Gasteiger partial charge in [-0.2, -0.15) is 0 Å². The van der Waals surface area contributed by atoms with Crippen molar-refractivity contribution in [3.05, 3.63) is 42.1 Å². The van der Waals surface area contributed by atoms with Gasteiger partial charge in [-0.15, -0.1) is 0 Å². The maximum absolute atomic E-state index is 14.9. The van der Waals surface area contributed by atoms with Crippen LogP contribution in [0.1, 0.15) is 65.0 Å². The number of hydrogen-bond acceptors (Lipinski definition) is 4. The number of pyridine rings is 1. The molecule has 2 amide bonds. The molecule has 186 valence electrons. The van der Waals surface area contributed by atoms with Gasteiger partial charge in [0.1, 0.15) is 11.3 Å². The van der Waals surface area contributed by atoms with E-state index in [1.165, 1.54) is 6.07 Å². The minimum absolute atomic E-state index is 0.0106. The Bertz CT molecular complexity index is 1250. The number of carbonyl (C=O) groups excluding carboxylic acids is 2. The van der Waals surface area contributed by atoms with Gasteiger partial charge >= 0.3 is 0 Å². The van der Waals surface area contributed by atoms with E-state index in [-0.39, 0.29) is 41.6 Å². The highest BCUT2D eigenvalue weighted by Gasteiger charge is 2.29. The van der Waals surface area contributed by atoms with E-state index < -0.39 is 0 Å². The maximum atomic E-state index is 14.9. The Kier molecular flexibility index (Phi) is 7.19. The summed E-state index contributed by atoms with van der Waals surface area (Å²) in [5.74, 6) is -0.305. The van der Waals surface area contributed by atoms with Crippen molar-refractivity contribution < 1.29 is 14.0 Å². The van der Waals surface area contributed by atoms with Crippen molar-refractivity contribution in [2.24, 2.45) is 11.8 Å². The predicted molar refractivity (Wildman–Crippen MR) is 135 cm³/mol. The summed E-state index contributed by atoms with van der Waals surface area (Å²) in [5.41, 5.74) is 3.47. The van der Waals surface area contributed by atoms with E-state index in [9.17, 15) is 14.0 Å². The first kappa shape index (κ1) is 24.8. The van der Waals surface area contributed by atoms with Crippen LogP contribution in [-0.2, 0) is 9.59 Å². The molecule has 1 fully saturated rings. The van der Waals surface area contributed by atoms with E-state index in [1.54, 1.807) is 18.6 Å². The van der Waals surface area contributed by atoms with Crippen LogP contribution in [0.3, 0.4) is 0 Å². The Morgan fingerprint density at radius 1 is 1.11 bits per heavy atom. The summed E-state index contributed by atoms with van der Waals surface area (Å²) >= 11 is 0. The minimum Gasteiger partial charge on any atom is -0.353 e. The summed E-state index contributed by atoms with van der Waals surface area (Å²) in [4.78, 5) is 33.7. The Morgan fingerprint density at radius 2 is 1.89 bits per heavy atom. The van der Waals surface area contributed by atoms with E-state index in [4.69, 9.17) is 0 Å². The Labute approximate surface area is 205 Å². The lowest BCUT2D eigenvalue weighted by Crippen LogP contribution is -2.42. The van der Waals surface area contributed by atoms with Gasteiger partial charge < -0.3 is 15.2 Å². The predicted octanol–water partition coefficient (Wildman–Crippen LogP) is 5.40. The van der Waals surface area contributed by atoms with Crippen LogP contribution in [0.15, 0.2) is 30.7 Å². The van der Waals surface area contributed by atoms with E-state index in [0.29, 0.717) is 23.3 Å². The minimum atomic E-state index is -0.379. The maximum Gasteiger partial charge on any atom is 0.228 e. The number of benzene rings is 1. The van der Waals surface area contributed by atoms with Crippen LogP contribution >= 0.6 is 0 Å². The van der Waals surface area contributed by atoms with Crippen LogP contribution in [-0.4, -0.2) is 32.4 Å². The summed E-state index contributed by atoms with van der Waals surface area (Å²) in [5, 5.41) is 6.01. The summed E-state index contributed by atoms with van der Waals surface area (Å²) in [6.45, 7) is 9.70. The van der Waals surface area contributed by atoms with Crippen molar-refractivity contribution in [3.8, 4) is 11.1 Å². The Balaban J connectivity index is 1.55. The normalized spacial score (nSPS) is 18.3. The molecule has 0 saturated heterocycles. The highest BCUT2D eigenvalue weighted by molar-refractivity contribution is 5.93. The molecule has 1 aliphatic rings. The lowest BCUT2D eigenvalue weighted by Gasteiger charge is -2.29. The monoisotopic (exact) mass is 479 g/mol. The largest absolute Gasteiger partial charge is 0.353 e. The zero-order valence-corrected chi connectivity index (χ0v) is 21.1. The smallest absolute Gasteiger partial charge is 0.228 e. The Morgan fingerprint density at radius 3 is 2.60 bits per heavy atom. The number of aryl methyl sites for hydroxylation is 1. The SMILES string of the molecule is Cc1cnc(NC(=O)[C@H]2CCC[C@@H](NC(=O)C(C)C)C2)cc1-c1cc(F)c2ncn(C(C)C)c2c1. The molecule has 0 radical (unpaired) electrons. The molecule has 1 saturated carbocycles. The van der Waals surface area contributed by atoms with Gasteiger partial charge in [0.05, 0.1) is 11.8 Å². The van der Waals surface area contributed by atoms with Crippen LogP contribution in [0.25, 0.3) is 22.2 Å². The van der Waals surface area contributed by atoms with Gasteiger partial charge in [-0.25, -0.2) is 14.4 Å². The van der Waals surface area contributed by atoms with Crippen molar-refractivity contribution in [1.29, 1.82) is 0 Å². The lowest BCUT2D eigenvalue weighted by molar-refractivity contribution is -0.126. The highest BCUT2D eigenvalue weighted by atomic mass is 19.1. The quantitative estimate of drug-likeness (QED) is 0.496. The van der Waals surface area contributed by atoms with E-state index in [1.807, 2.05) is 45.3 Å². The number of aromatic nitrogens is 3. The third-order valence-electron chi connectivity index (χ3n) is 6.77. The lowest BCUT2D eigenvalue weighted by atomic mass is 9.85. The number of anilines is 1. The van der Waals surface area contributed by atoms with Crippen LogP contribution < -0.4 is 10.6 Å². The number of halogens is 1. The van der Waals surface area contributed by atoms with Gasteiger partial charge in [0, 0.05) is 30.1 Å². The number of nitrogens with one attached hydrogen (secondary N) is 2. The van der Waals surface area contributed by atoms with E-state index in [0.717, 1.165) is 35.9 Å². The topological polar surface area (TPSA) is 88.9 Å². The summed E-state index contributed by atoms with van der Waals surface area (Å²) in [6.07, 6.45) is 6.52. The molecule has 2 N–H and O–H groups in total. The average Bonchev–Trinajstić information content (AvgIpc) is 3.25. The third kappa shape index (κ3) is 5.36. The molecule has 0 bridgehead atoms. The fraction of sp³-hybridized carbons (Fsp3) is 0.481. The molecular weight excluding hydrogens is 445 g/mol. The molecule has 4 rings (SSSR count). The van der Waals surface area contributed by atoms with Crippen molar-refractivity contribution in [1.82, 2.24) is 19.9 Å². The van der Waals surface area contributed by atoms with Crippen LogP contribution in [0.4, 0.5) is 10.2 Å². The number of imidazole rings is 1. The summed E-state index contributed by atoms with van der Waals surface area (Å²) < 4.78 is 16.8. The van der Waals surface area contributed by atoms with Crippen LogP contribution in [0.2, 0.25) is 0 Å². The van der Waals surface area contributed by atoms with Gasteiger partial charge in [-0.3, -0.25) is 9.59 Å². The second-order valence-corrected chi connectivity index (χ2v) is 10.2. The van der Waals surface area contributed by atoms with Gasteiger partial charge in [-0.1, -0.05) is 20.3 Å². The zero-order valence-electron chi connectivity index (χ0n) is 21.1. The van der Waals surface area contributed by atoms with Gasteiger partial charge in [0.15, 0.2) is 5.82 Å². The molecule has 1 aliphatic carbocycles. The highest BCUT2D eigenvalue weighted by Crippen LogP contribution is 2.32. The molecule has 7 nitrogen and oxygen atoms in total. The summed E-state index contributed by atoms with van der Waals surface area (Å²) in [6, 6.07) is 5.37. The second kappa shape index (κ2) is 10.1. The number of amides is 2. The molecule has 3 aromatic rings. The third-order valence-corrected chi connectivity index (χ3v) is 6.77. The number of rotatable bonds is 6. The number of carbonyl (C=O) groups is 2. The molecule has 0 spiro atoms. The first-order valence-electron chi connectivity index (χ1n) is 12.4. The number of nitrogens with zero attached hydrogens (tertiary/aromatic N) is 3. The van der Waals surface area contributed by atoms with Gasteiger partial charge in [0.25, 0.3) is 0 Å². The fourth-order valence-electron chi connectivity index (χ4n) is 4.72. The molecule has 2 heterocycles. The Hall–Kier alpha value is -3.29. The molecule has 2 aromatic heterocycles. The van der Waals surface area contributed by atoms with Crippen molar-refractivity contribution in [2.75, 3.05) is 5.32 Å². The van der Waals surface area contributed by atoms with Crippen molar-refractivity contribution in [2.45, 2.75) is 72.4 Å². The van der Waals surface area contributed by atoms with Gasteiger partial charge in [-0.05, 0) is 74.9 Å². The van der Waals surface area contributed by atoms with Crippen molar-refractivity contribution >= 4 is 28.7 Å². The molecule has 2 atom stereocenters. The molecule has 35 heavy (non-hydrogen) atoms. The summed E-state index contributed by atoms with van der Waals surface area (Å²) in [7, 11) is 0. The zero-order chi connectivity index (χ0) is 25.3. The van der Waals surface area contributed by atoms with E-state index >= 15 is 0 Å². The first-order valence-corrected chi connectivity index (χ1v) is 12.4. The number of fused-ring (bicyclic) bond motifs is 1. The molecule has 8 heteroatoms. The van der Waals surface area contributed by atoms with Gasteiger partial charge in [0.2, 0.25) is 11.8 Å². The van der Waals surface area contributed by atoms with Crippen LogP contribution in [0.5, 0.6) is 0 Å². The first-order chi connectivity index (χ1) is 16.6. The second-order valence-electron chi connectivity index (χ2n) is 10.2. The fourth-order valence-corrected chi connectivity index (χ4v) is 4.72. The van der Waals surface area contributed by atoms with Crippen molar-refractivity contribution in [3.63, 3.8) is 0 Å². The van der Waals surface area contributed by atoms with E-state index in [2.05, 4.69) is 20.6 Å². The molecule has 1 aromatic carbocycles. The molecular formula is C27H34FN5O2. The molecule has 0 aliphatic heterocycles. The number of hydrogen-bond donors (Lipinski definition) is 2. The van der Waals surface area contributed by atoms with Crippen LogP contribution in [0, 0.1) is 24.6 Å².